The second-order valence-corrected chi connectivity index (χ2v) is 8.25. The van der Waals surface area contributed by atoms with E-state index in [0.717, 1.165) is 28.1 Å². The van der Waals surface area contributed by atoms with Gasteiger partial charge in [-0.2, -0.15) is 0 Å². The summed E-state index contributed by atoms with van der Waals surface area (Å²) in [5.41, 5.74) is 2.37. The molecule has 0 bridgehead atoms. The van der Waals surface area contributed by atoms with Crippen molar-refractivity contribution >= 4 is 11.8 Å². The number of benzene rings is 4. The van der Waals surface area contributed by atoms with Crippen LogP contribution in [0.4, 0.5) is 0 Å². The van der Waals surface area contributed by atoms with Crippen LogP contribution >= 0.6 is 0 Å². The molecule has 1 heterocycles. The maximum Gasteiger partial charge on any atom is 0.361 e. The van der Waals surface area contributed by atoms with E-state index in [4.69, 9.17) is 0 Å². The van der Waals surface area contributed by atoms with Gasteiger partial charge in [0.05, 0.1) is 5.56 Å². The second kappa shape index (κ2) is 9.94. The zero-order valence-electron chi connectivity index (χ0n) is 18.5. The normalized spacial score (nSPS) is 19.2. The molecule has 2 N–H and O–H groups in total. The van der Waals surface area contributed by atoms with Crippen LogP contribution in [0, 0.1) is 0 Å². The molecule has 0 radical (unpaired) electrons. The number of nitrogens with zero attached hydrogens (tertiary/aromatic N) is 1. The molecule has 4 nitrogen and oxygen atoms in total. The third-order valence-electron chi connectivity index (χ3n) is 6.25. The van der Waals surface area contributed by atoms with E-state index in [9.17, 15) is 9.90 Å². The fourth-order valence-electron chi connectivity index (χ4n) is 4.76. The van der Waals surface area contributed by atoms with E-state index in [0.29, 0.717) is 6.54 Å². The SMILES string of the molecule is O=C(O)[C@]1(c2ccccc2)NC(c2ccccc2)=[N+](Cc2ccccc2)[C@@H]1c1ccccc1.[Cl-]. The summed E-state index contributed by atoms with van der Waals surface area (Å²) in [5.74, 6) is -0.105. The highest BCUT2D eigenvalue weighted by Crippen LogP contribution is 2.43. The van der Waals surface area contributed by atoms with Crippen molar-refractivity contribution in [3.05, 3.63) is 144 Å². The first-order valence-corrected chi connectivity index (χ1v) is 11.0. The third-order valence-corrected chi connectivity index (χ3v) is 6.25. The van der Waals surface area contributed by atoms with Gasteiger partial charge in [0.1, 0.15) is 6.54 Å². The zero-order valence-corrected chi connectivity index (χ0v) is 19.3. The van der Waals surface area contributed by atoms with Crippen molar-refractivity contribution in [1.29, 1.82) is 0 Å². The Kier molecular flexibility index (Phi) is 6.80. The van der Waals surface area contributed by atoms with Crippen molar-refractivity contribution in [2.75, 3.05) is 0 Å². The van der Waals surface area contributed by atoms with Crippen LogP contribution in [0.2, 0.25) is 0 Å². The Hall–Kier alpha value is -3.89. The Bertz CT molecular complexity index is 1280. The molecule has 0 fully saturated rings. The smallest absolute Gasteiger partial charge is 0.361 e. The highest BCUT2D eigenvalue weighted by molar-refractivity contribution is 6.01. The molecule has 5 heteroatoms. The molecule has 0 saturated heterocycles. The Balaban J connectivity index is 0.00000274. The minimum Gasteiger partial charge on any atom is -1.00 e. The van der Waals surface area contributed by atoms with Gasteiger partial charge in [-0.05, 0) is 17.7 Å². The first kappa shape index (κ1) is 23.3. The van der Waals surface area contributed by atoms with Crippen LogP contribution in [0.25, 0.3) is 0 Å². The summed E-state index contributed by atoms with van der Waals surface area (Å²) in [7, 11) is 0. The van der Waals surface area contributed by atoms with Gasteiger partial charge in [0, 0.05) is 11.1 Å². The molecular formula is C29H25ClN2O2. The molecule has 0 spiro atoms. The van der Waals surface area contributed by atoms with Crippen molar-refractivity contribution in [1.82, 2.24) is 5.32 Å². The van der Waals surface area contributed by atoms with E-state index in [1.54, 1.807) is 0 Å². The lowest BCUT2D eigenvalue weighted by Crippen LogP contribution is -3.00. The predicted molar refractivity (Wildman–Crippen MR) is 129 cm³/mol. The Morgan fingerprint density at radius 1 is 0.765 bits per heavy atom. The summed E-state index contributed by atoms with van der Waals surface area (Å²) in [6.45, 7) is 0.569. The fourth-order valence-corrected chi connectivity index (χ4v) is 4.76. The highest BCUT2D eigenvalue weighted by atomic mass is 35.5. The Labute approximate surface area is 205 Å². The summed E-state index contributed by atoms with van der Waals surface area (Å²) < 4.78 is 2.20. The molecule has 170 valence electrons. The van der Waals surface area contributed by atoms with Crippen LogP contribution in [0.5, 0.6) is 0 Å². The Morgan fingerprint density at radius 2 is 1.26 bits per heavy atom. The lowest BCUT2D eigenvalue weighted by atomic mass is 9.79. The van der Waals surface area contributed by atoms with Crippen LogP contribution in [-0.4, -0.2) is 21.5 Å². The number of amidine groups is 1. The first-order chi connectivity index (χ1) is 16.2. The van der Waals surface area contributed by atoms with Crippen LogP contribution < -0.4 is 17.7 Å². The van der Waals surface area contributed by atoms with E-state index in [-0.39, 0.29) is 12.4 Å². The van der Waals surface area contributed by atoms with E-state index < -0.39 is 17.6 Å². The van der Waals surface area contributed by atoms with Crippen LogP contribution in [0.1, 0.15) is 28.3 Å². The van der Waals surface area contributed by atoms with Crippen LogP contribution in [0.3, 0.4) is 0 Å². The summed E-state index contributed by atoms with van der Waals surface area (Å²) in [6, 6.07) is 39.1. The standard InChI is InChI=1S/C29H24N2O2.ClH/c32-28(33)29(25-19-11-4-12-20-25)26(23-15-7-2-8-16-23)31(21-22-13-5-1-6-14-22)27(30-29)24-17-9-3-10-18-24;/h1-20,26H,21H2,(H,32,33);1H/t26-,29-;/m1./s1. The maximum atomic E-state index is 13.2. The molecule has 2 atom stereocenters. The van der Waals surface area contributed by atoms with E-state index in [1.165, 1.54) is 0 Å². The molecule has 0 aromatic heterocycles. The fraction of sp³-hybridized carbons (Fsp3) is 0.103. The summed E-state index contributed by atoms with van der Waals surface area (Å²) >= 11 is 0. The van der Waals surface area contributed by atoms with Gasteiger partial charge in [0.25, 0.3) is 11.4 Å². The lowest BCUT2D eigenvalue weighted by molar-refractivity contribution is -0.586. The summed E-state index contributed by atoms with van der Waals surface area (Å²) in [5, 5.41) is 14.3. The Morgan fingerprint density at radius 3 is 1.82 bits per heavy atom. The quantitative estimate of drug-likeness (QED) is 0.425. The molecule has 4 aromatic carbocycles. The topological polar surface area (TPSA) is 52.3 Å². The van der Waals surface area contributed by atoms with Gasteiger partial charge >= 0.3 is 5.97 Å². The number of hydrogen-bond donors (Lipinski definition) is 2. The van der Waals surface area contributed by atoms with Crippen molar-refractivity contribution in [3.8, 4) is 0 Å². The molecule has 5 rings (SSSR count). The minimum atomic E-state index is -1.36. The lowest BCUT2D eigenvalue weighted by Gasteiger charge is -2.28. The number of aliphatic carboxylic acids is 1. The summed E-state index contributed by atoms with van der Waals surface area (Å²) in [6.07, 6.45) is 0. The largest absolute Gasteiger partial charge is 1.00 e. The number of carboxylic acids is 1. The number of rotatable bonds is 6. The number of halogens is 1. The van der Waals surface area contributed by atoms with Crippen molar-refractivity contribution in [2.24, 2.45) is 0 Å². The van der Waals surface area contributed by atoms with Gasteiger partial charge in [-0.3, -0.25) is 5.32 Å². The molecular weight excluding hydrogens is 444 g/mol. The minimum absolute atomic E-state index is 0. The van der Waals surface area contributed by atoms with Crippen LogP contribution in [0.15, 0.2) is 121 Å². The van der Waals surface area contributed by atoms with Gasteiger partial charge < -0.3 is 17.5 Å². The summed E-state index contributed by atoms with van der Waals surface area (Å²) in [4.78, 5) is 13.2. The predicted octanol–water partition coefficient (Wildman–Crippen LogP) is 1.97. The van der Waals surface area contributed by atoms with Gasteiger partial charge in [-0.15, -0.1) is 0 Å². The molecule has 0 saturated carbocycles. The molecule has 1 aliphatic heterocycles. The highest BCUT2D eigenvalue weighted by Gasteiger charge is 2.62. The third kappa shape index (κ3) is 4.09. The van der Waals surface area contributed by atoms with Crippen LogP contribution in [-0.2, 0) is 16.9 Å². The molecule has 4 aromatic rings. The van der Waals surface area contributed by atoms with Gasteiger partial charge in [0.2, 0.25) is 0 Å². The molecule has 34 heavy (non-hydrogen) atoms. The van der Waals surface area contributed by atoms with E-state index >= 15 is 0 Å². The van der Waals surface area contributed by atoms with E-state index in [1.807, 2.05) is 109 Å². The van der Waals surface area contributed by atoms with E-state index in [2.05, 4.69) is 22.0 Å². The molecule has 0 amide bonds. The monoisotopic (exact) mass is 468 g/mol. The zero-order chi connectivity index (χ0) is 22.7. The first-order valence-electron chi connectivity index (χ1n) is 11.0. The number of hydrogen-bond acceptors (Lipinski definition) is 2. The molecule has 0 aliphatic carbocycles. The average Bonchev–Trinajstić information content (AvgIpc) is 3.22. The molecule has 0 unspecified atom stereocenters. The number of nitrogens with one attached hydrogen (secondary N) is 1. The molecule has 1 aliphatic rings. The van der Waals surface area contributed by atoms with Gasteiger partial charge in [-0.1, -0.05) is 109 Å². The maximum absolute atomic E-state index is 13.2. The number of carboxylic acid groups (broad SMARTS) is 1. The average molecular weight is 469 g/mol. The second-order valence-electron chi connectivity index (χ2n) is 8.25. The van der Waals surface area contributed by atoms with Gasteiger partial charge in [-0.25, -0.2) is 9.37 Å². The number of carbonyl (C=O) groups is 1. The van der Waals surface area contributed by atoms with Gasteiger partial charge in [0.15, 0.2) is 6.04 Å². The van der Waals surface area contributed by atoms with Crippen molar-refractivity contribution in [3.63, 3.8) is 0 Å². The van der Waals surface area contributed by atoms with Crippen molar-refractivity contribution < 1.29 is 26.9 Å². The van der Waals surface area contributed by atoms with Crippen molar-refractivity contribution in [2.45, 2.75) is 18.1 Å².